The number of rotatable bonds is 7. The molecular formula is C14H26FN3O3S. The van der Waals surface area contributed by atoms with Gasteiger partial charge in [0, 0.05) is 19.6 Å². The Bertz CT molecular complexity index is 466. The van der Waals surface area contributed by atoms with E-state index in [0.29, 0.717) is 19.6 Å². The van der Waals surface area contributed by atoms with Crippen molar-refractivity contribution in [1.82, 2.24) is 14.9 Å². The van der Waals surface area contributed by atoms with Crippen molar-refractivity contribution in [3.63, 3.8) is 0 Å². The van der Waals surface area contributed by atoms with E-state index in [1.54, 1.807) is 0 Å². The Balaban J connectivity index is 1.79. The van der Waals surface area contributed by atoms with Crippen LogP contribution >= 0.6 is 0 Å². The maximum absolute atomic E-state index is 12.2. The molecule has 2 N–H and O–H groups in total. The molecule has 0 aliphatic carbocycles. The van der Waals surface area contributed by atoms with E-state index in [9.17, 15) is 17.6 Å². The van der Waals surface area contributed by atoms with E-state index >= 15 is 0 Å². The first kappa shape index (κ1) is 17.6. The summed E-state index contributed by atoms with van der Waals surface area (Å²) in [5.74, 6) is 0.0170. The highest BCUT2D eigenvalue weighted by atomic mass is 32.2. The highest BCUT2D eigenvalue weighted by Gasteiger charge is 2.29. The summed E-state index contributed by atoms with van der Waals surface area (Å²) < 4.78 is 37.8. The quantitative estimate of drug-likeness (QED) is 0.699. The predicted octanol–water partition coefficient (Wildman–Crippen LogP) is 0.256. The summed E-state index contributed by atoms with van der Waals surface area (Å²) in [5, 5.41) is 6.07. The van der Waals surface area contributed by atoms with Gasteiger partial charge in [-0.1, -0.05) is 0 Å². The number of hydrogen-bond acceptors (Lipinski definition) is 4. The van der Waals surface area contributed by atoms with Gasteiger partial charge in [-0.15, -0.1) is 0 Å². The number of hydrogen-bond donors (Lipinski definition) is 2. The Morgan fingerprint density at radius 3 is 2.82 bits per heavy atom. The maximum Gasteiger partial charge on any atom is 0.237 e. The van der Waals surface area contributed by atoms with Crippen molar-refractivity contribution in [2.75, 3.05) is 38.6 Å². The first-order valence-corrected chi connectivity index (χ1v) is 9.69. The van der Waals surface area contributed by atoms with Crippen LogP contribution in [-0.2, 0) is 14.8 Å². The first-order valence-electron chi connectivity index (χ1n) is 8.08. The van der Waals surface area contributed by atoms with Crippen LogP contribution in [0.2, 0.25) is 0 Å². The lowest BCUT2D eigenvalue weighted by atomic mass is 9.99. The topological polar surface area (TPSA) is 78.5 Å². The van der Waals surface area contributed by atoms with E-state index in [1.165, 1.54) is 4.31 Å². The Kier molecular flexibility index (Phi) is 6.58. The molecule has 8 heteroatoms. The molecule has 0 aromatic carbocycles. The van der Waals surface area contributed by atoms with Gasteiger partial charge in [0.1, 0.15) is 0 Å². The minimum Gasteiger partial charge on any atom is -0.354 e. The Morgan fingerprint density at radius 1 is 1.32 bits per heavy atom. The highest BCUT2D eigenvalue weighted by Crippen LogP contribution is 2.19. The largest absolute Gasteiger partial charge is 0.354 e. The summed E-state index contributed by atoms with van der Waals surface area (Å²) in [6, 6.07) is -0.104. The Labute approximate surface area is 131 Å². The summed E-state index contributed by atoms with van der Waals surface area (Å²) in [6.07, 6.45) is 3.63. The number of carbonyl (C=O) groups excluding carboxylic acids is 1. The minimum atomic E-state index is -3.36. The number of piperidine rings is 1. The molecule has 0 spiro atoms. The van der Waals surface area contributed by atoms with Crippen LogP contribution in [-0.4, -0.2) is 63.3 Å². The standard InChI is InChI=1S/C14H26FN3O3S/c15-6-3-9-22(20,21)18-8-2-4-12(11-18)10-17-14(19)13-5-1-7-16-13/h12-13,16H,1-11H2,(H,17,19). The molecule has 2 atom stereocenters. The number of sulfonamides is 1. The molecule has 0 aromatic rings. The lowest BCUT2D eigenvalue weighted by Gasteiger charge is -2.32. The molecular weight excluding hydrogens is 309 g/mol. The van der Waals surface area contributed by atoms with E-state index in [1.807, 2.05) is 0 Å². The average Bonchev–Trinajstić information content (AvgIpc) is 3.05. The number of halogens is 1. The van der Waals surface area contributed by atoms with E-state index in [2.05, 4.69) is 10.6 Å². The summed E-state index contributed by atoms with van der Waals surface area (Å²) in [6.45, 7) is 1.70. The maximum atomic E-state index is 12.2. The fraction of sp³-hybridized carbons (Fsp3) is 0.929. The second-order valence-corrected chi connectivity index (χ2v) is 8.21. The lowest BCUT2D eigenvalue weighted by molar-refractivity contribution is -0.123. The third-order valence-corrected chi connectivity index (χ3v) is 6.28. The number of carbonyl (C=O) groups is 1. The van der Waals surface area contributed by atoms with Gasteiger partial charge in [-0.25, -0.2) is 12.7 Å². The fourth-order valence-electron chi connectivity index (χ4n) is 3.09. The fourth-order valence-corrected chi connectivity index (χ4v) is 4.67. The van der Waals surface area contributed by atoms with Crippen molar-refractivity contribution in [3.8, 4) is 0 Å². The first-order chi connectivity index (χ1) is 10.5. The van der Waals surface area contributed by atoms with Crippen molar-refractivity contribution in [2.24, 2.45) is 5.92 Å². The number of nitrogens with zero attached hydrogens (tertiary/aromatic N) is 1. The Hall–Kier alpha value is -0.730. The second kappa shape index (κ2) is 8.21. The molecule has 2 aliphatic heterocycles. The molecule has 0 radical (unpaired) electrons. The zero-order valence-electron chi connectivity index (χ0n) is 12.9. The second-order valence-electron chi connectivity index (χ2n) is 6.12. The van der Waals surface area contributed by atoms with E-state index < -0.39 is 16.7 Å². The number of amides is 1. The van der Waals surface area contributed by atoms with Crippen LogP contribution < -0.4 is 10.6 Å². The van der Waals surface area contributed by atoms with Gasteiger partial charge in [0.15, 0.2) is 0 Å². The molecule has 2 aliphatic rings. The third-order valence-electron chi connectivity index (χ3n) is 4.35. The van der Waals surface area contributed by atoms with Crippen molar-refractivity contribution in [1.29, 1.82) is 0 Å². The van der Waals surface area contributed by atoms with Crippen molar-refractivity contribution < 1.29 is 17.6 Å². The van der Waals surface area contributed by atoms with Gasteiger partial charge < -0.3 is 10.6 Å². The zero-order valence-corrected chi connectivity index (χ0v) is 13.7. The SMILES string of the molecule is O=C(NCC1CCCN(S(=O)(=O)CCCF)C1)C1CCCN1. The van der Waals surface area contributed by atoms with Crippen LogP contribution in [0.25, 0.3) is 0 Å². The van der Waals surface area contributed by atoms with E-state index in [-0.39, 0.29) is 30.0 Å². The van der Waals surface area contributed by atoms with E-state index in [4.69, 9.17) is 0 Å². The minimum absolute atomic E-state index is 0.00918. The third kappa shape index (κ3) is 4.89. The van der Waals surface area contributed by atoms with Crippen molar-refractivity contribution in [2.45, 2.75) is 38.1 Å². The van der Waals surface area contributed by atoms with Crippen molar-refractivity contribution >= 4 is 15.9 Å². The number of alkyl halides is 1. The van der Waals surface area contributed by atoms with Crippen LogP contribution in [0.15, 0.2) is 0 Å². The summed E-state index contributed by atoms with van der Waals surface area (Å²) in [4.78, 5) is 12.0. The molecule has 128 valence electrons. The van der Waals surface area contributed by atoms with Gasteiger partial charge >= 0.3 is 0 Å². The molecule has 2 rings (SSSR count). The van der Waals surface area contributed by atoms with Crippen molar-refractivity contribution in [3.05, 3.63) is 0 Å². The van der Waals surface area contributed by atoms with Gasteiger partial charge in [-0.3, -0.25) is 9.18 Å². The summed E-state index contributed by atoms with van der Waals surface area (Å²) in [5.41, 5.74) is 0. The van der Waals surface area contributed by atoms with Crippen LogP contribution in [0.1, 0.15) is 32.1 Å². The molecule has 0 saturated carbocycles. The molecule has 22 heavy (non-hydrogen) atoms. The lowest BCUT2D eigenvalue weighted by Crippen LogP contribution is -2.47. The Morgan fingerprint density at radius 2 is 2.14 bits per heavy atom. The molecule has 0 aromatic heterocycles. The molecule has 1 amide bonds. The normalized spacial score (nSPS) is 27.0. The molecule has 2 unspecified atom stereocenters. The molecule has 6 nitrogen and oxygen atoms in total. The van der Waals surface area contributed by atoms with Gasteiger partial charge in [0.05, 0.1) is 18.5 Å². The van der Waals surface area contributed by atoms with Crippen LogP contribution in [0.5, 0.6) is 0 Å². The van der Waals surface area contributed by atoms with Gasteiger partial charge in [0.25, 0.3) is 0 Å². The van der Waals surface area contributed by atoms with Crippen LogP contribution in [0.3, 0.4) is 0 Å². The predicted molar refractivity (Wildman–Crippen MR) is 82.7 cm³/mol. The van der Waals surface area contributed by atoms with Gasteiger partial charge in [-0.05, 0) is 44.6 Å². The van der Waals surface area contributed by atoms with Crippen LogP contribution in [0.4, 0.5) is 4.39 Å². The zero-order chi connectivity index (χ0) is 16.0. The number of nitrogens with one attached hydrogen (secondary N) is 2. The smallest absolute Gasteiger partial charge is 0.237 e. The average molecular weight is 335 g/mol. The monoisotopic (exact) mass is 335 g/mol. The van der Waals surface area contributed by atoms with Gasteiger partial charge in [-0.2, -0.15) is 0 Å². The summed E-state index contributed by atoms with van der Waals surface area (Å²) >= 11 is 0. The van der Waals surface area contributed by atoms with E-state index in [0.717, 1.165) is 32.2 Å². The van der Waals surface area contributed by atoms with Crippen LogP contribution in [0, 0.1) is 5.92 Å². The molecule has 2 heterocycles. The summed E-state index contributed by atoms with van der Waals surface area (Å²) in [7, 11) is -3.36. The molecule has 0 bridgehead atoms. The highest BCUT2D eigenvalue weighted by molar-refractivity contribution is 7.89. The van der Waals surface area contributed by atoms with Gasteiger partial charge in [0.2, 0.25) is 15.9 Å². The molecule has 2 saturated heterocycles. The molecule has 2 fully saturated rings.